The van der Waals surface area contributed by atoms with E-state index >= 15 is 0 Å². The van der Waals surface area contributed by atoms with E-state index in [0.717, 1.165) is 4.48 Å². The van der Waals surface area contributed by atoms with Gasteiger partial charge in [0.1, 0.15) is 0 Å². The molecule has 0 aliphatic carbocycles. The van der Waals surface area contributed by atoms with Crippen LogP contribution < -0.4 is 10.4 Å². The Morgan fingerprint density at radius 1 is 1.29 bits per heavy atom. The predicted molar refractivity (Wildman–Crippen MR) is 69.7 cm³/mol. The number of hydrogen-bond donors (Lipinski definition) is 0. The molecule has 0 atom stereocenters. The summed E-state index contributed by atoms with van der Waals surface area (Å²) in [5, 5.41) is 2.42. The lowest BCUT2D eigenvalue weighted by molar-refractivity contribution is 1.50. The van der Waals surface area contributed by atoms with Gasteiger partial charge in [0.05, 0.1) is 0 Å². The molecule has 0 bridgehead atoms. The highest BCUT2D eigenvalue weighted by Gasteiger charge is 1.85. The summed E-state index contributed by atoms with van der Waals surface area (Å²) in [5.74, 6) is 0. The van der Waals surface area contributed by atoms with E-state index < -0.39 is 0 Å². The number of hydrogen-bond acceptors (Lipinski definition) is 0. The van der Waals surface area contributed by atoms with E-state index in [9.17, 15) is 0 Å². The first-order valence-corrected chi connectivity index (χ1v) is 5.59. The first kappa shape index (κ1) is 13.2. The number of benzene rings is 1. The number of rotatable bonds is 1. The Morgan fingerprint density at radius 2 is 1.86 bits per heavy atom. The third kappa shape index (κ3) is 3.93. The SMILES string of the molecule is C=C/C=c1/cccc/c1=C(/C)Br.CC. The molecular formula is C13H17Br. The standard InChI is InChI=1S/C11H11Br.C2H6/c1-3-6-10-7-4-5-8-11(10)9(2)12;1-2/h3-8H,1H2,2H3;1-2H3/b10-6-,11-9+;. The molecule has 0 aliphatic rings. The van der Waals surface area contributed by atoms with Crippen LogP contribution in [0.4, 0.5) is 0 Å². The van der Waals surface area contributed by atoms with Crippen LogP contribution in [0.15, 0.2) is 36.9 Å². The monoisotopic (exact) mass is 252 g/mol. The molecule has 0 unspecified atom stereocenters. The van der Waals surface area contributed by atoms with Gasteiger partial charge in [-0.05, 0) is 21.8 Å². The highest BCUT2D eigenvalue weighted by molar-refractivity contribution is 9.14. The average molecular weight is 253 g/mol. The molecule has 0 saturated carbocycles. The van der Waals surface area contributed by atoms with E-state index in [1.165, 1.54) is 10.4 Å². The maximum Gasteiger partial charge on any atom is -0.000202 e. The van der Waals surface area contributed by atoms with E-state index in [1.807, 2.05) is 39.0 Å². The van der Waals surface area contributed by atoms with E-state index in [4.69, 9.17) is 0 Å². The van der Waals surface area contributed by atoms with E-state index in [2.05, 4.69) is 34.6 Å². The third-order valence-electron chi connectivity index (χ3n) is 1.63. The van der Waals surface area contributed by atoms with Crippen molar-refractivity contribution in [3.8, 4) is 0 Å². The van der Waals surface area contributed by atoms with Gasteiger partial charge in [0.2, 0.25) is 0 Å². The Morgan fingerprint density at radius 3 is 2.36 bits per heavy atom. The summed E-state index contributed by atoms with van der Waals surface area (Å²) in [7, 11) is 0. The normalized spacial score (nSPS) is 12.7. The molecule has 0 N–H and O–H groups in total. The topological polar surface area (TPSA) is 0 Å². The number of allylic oxidation sites excluding steroid dienone is 1. The molecule has 1 aromatic rings. The van der Waals surface area contributed by atoms with Crippen LogP contribution in [0.25, 0.3) is 10.6 Å². The fourth-order valence-electron chi connectivity index (χ4n) is 1.08. The molecule has 0 aromatic heterocycles. The van der Waals surface area contributed by atoms with Gasteiger partial charge in [-0.3, -0.25) is 0 Å². The molecule has 1 heteroatoms. The van der Waals surface area contributed by atoms with Crippen LogP contribution in [0.3, 0.4) is 0 Å². The zero-order chi connectivity index (χ0) is 11.0. The van der Waals surface area contributed by atoms with Crippen molar-refractivity contribution >= 4 is 26.5 Å². The van der Waals surface area contributed by atoms with Crippen molar-refractivity contribution in [1.82, 2.24) is 0 Å². The van der Waals surface area contributed by atoms with Crippen molar-refractivity contribution in [3.63, 3.8) is 0 Å². The summed E-state index contributed by atoms with van der Waals surface area (Å²) < 4.78 is 1.15. The molecule has 0 saturated heterocycles. The molecule has 0 heterocycles. The zero-order valence-electron chi connectivity index (χ0n) is 9.05. The molecule has 0 radical (unpaired) electrons. The summed E-state index contributed by atoms with van der Waals surface area (Å²) in [6, 6.07) is 8.20. The molecule has 0 fully saturated rings. The Balaban J connectivity index is 0.000000791. The van der Waals surface area contributed by atoms with Gasteiger partial charge in [0, 0.05) is 0 Å². The molecule has 0 spiro atoms. The van der Waals surface area contributed by atoms with Crippen molar-refractivity contribution < 1.29 is 0 Å². The van der Waals surface area contributed by atoms with Crippen molar-refractivity contribution in [2.24, 2.45) is 0 Å². The van der Waals surface area contributed by atoms with Crippen LogP contribution in [0, 0.1) is 0 Å². The highest BCUT2D eigenvalue weighted by Crippen LogP contribution is 1.97. The maximum atomic E-state index is 3.68. The average Bonchev–Trinajstić information content (AvgIpc) is 2.22. The minimum Gasteiger partial charge on any atom is -0.0990 e. The summed E-state index contributed by atoms with van der Waals surface area (Å²) in [6.07, 6.45) is 3.80. The minimum absolute atomic E-state index is 1.15. The van der Waals surface area contributed by atoms with Gasteiger partial charge in [-0.15, -0.1) is 0 Å². The van der Waals surface area contributed by atoms with Crippen LogP contribution in [-0.4, -0.2) is 0 Å². The lowest BCUT2D eigenvalue weighted by atomic mass is 10.2. The van der Waals surface area contributed by atoms with Crippen molar-refractivity contribution in [3.05, 3.63) is 47.4 Å². The van der Waals surface area contributed by atoms with Gasteiger partial charge < -0.3 is 0 Å². The fourth-order valence-corrected chi connectivity index (χ4v) is 1.44. The second-order valence-electron chi connectivity index (χ2n) is 2.52. The Kier molecular flexibility index (Phi) is 7.13. The van der Waals surface area contributed by atoms with Crippen LogP contribution in [0.2, 0.25) is 0 Å². The van der Waals surface area contributed by atoms with Gasteiger partial charge in [-0.1, -0.05) is 72.8 Å². The van der Waals surface area contributed by atoms with Gasteiger partial charge in [-0.2, -0.15) is 0 Å². The van der Waals surface area contributed by atoms with Gasteiger partial charge in [0.25, 0.3) is 0 Å². The molecule has 14 heavy (non-hydrogen) atoms. The molecular weight excluding hydrogens is 236 g/mol. The Labute approximate surface area is 94.8 Å². The highest BCUT2D eigenvalue weighted by atomic mass is 79.9. The Hall–Kier alpha value is -0.820. The van der Waals surface area contributed by atoms with Crippen LogP contribution in [-0.2, 0) is 0 Å². The lowest BCUT2D eigenvalue weighted by Gasteiger charge is -1.90. The first-order chi connectivity index (χ1) is 6.75. The van der Waals surface area contributed by atoms with Gasteiger partial charge >= 0.3 is 0 Å². The third-order valence-corrected chi connectivity index (χ3v) is 2.06. The second kappa shape index (κ2) is 7.57. The van der Waals surface area contributed by atoms with Crippen molar-refractivity contribution in [2.45, 2.75) is 20.8 Å². The molecule has 0 nitrogen and oxygen atoms in total. The molecule has 0 aliphatic heterocycles. The second-order valence-corrected chi connectivity index (χ2v) is 3.71. The van der Waals surface area contributed by atoms with Gasteiger partial charge in [0.15, 0.2) is 0 Å². The van der Waals surface area contributed by atoms with Crippen LogP contribution in [0.1, 0.15) is 20.8 Å². The van der Waals surface area contributed by atoms with Crippen molar-refractivity contribution in [2.75, 3.05) is 0 Å². The molecule has 1 rings (SSSR count). The molecule has 0 amide bonds. The first-order valence-electron chi connectivity index (χ1n) is 4.80. The van der Waals surface area contributed by atoms with E-state index in [1.54, 1.807) is 6.08 Å². The zero-order valence-corrected chi connectivity index (χ0v) is 10.6. The summed E-state index contributed by atoms with van der Waals surface area (Å²) in [6.45, 7) is 9.71. The smallest absolute Gasteiger partial charge is 0.000202 e. The largest absolute Gasteiger partial charge is 0.0990 e. The Bertz CT molecular complexity index is 384. The number of halogens is 1. The summed E-state index contributed by atoms with van der Waals surface area (Å²) >= 11 is 3.47. The fraction of sp³-hybridized carbons (Fsp3) is 0.231. The lowest BCUT2D eigenvalue weighted by Crippen LogP contribution is -2.24. The quantitative estimate of drug-likeness (QED) is 0.721. The summed E-state index contributed by atoms with van der Waals surface area (Å²) in [5.41, 5.74) is 0. The van der Waals surface area contributed by atoms with Crippen LogP contribution in [0.5, 0.6) is 0 Å². The van der Waals surface area contributed by atoms with E-state index in [0.29, 0.717) is 0 Å². The summed E-state index contributed by atoms with van der Waals surface area (Å²) in [4.78, 5) is 0. The molecule has 1 aromatic carbocycles. The molecule has 76 valence electrons. The van der Waals surface area contributed by atoms with Gasteiger partial charge in [-0.25, -0.2) is 0 Å². The predicted octanol–water partition coefficient (Wildman–Crippen LogP) is 3.20. The van der Waals surface area contributed by atoms with Crippen molar-refractivity contribution in [1.29, 1.82) is 0 Å². The maximum absolute atomic E-state index is 3.68. The van der Waals surface area contributed by atoms with E-state index in [-0.39, 0.29) is 0 Å². The minimum atomic E-state index is 1.15. The van der Waals surface area contributed by atoms with Crippen LogP contribution >= 0.6 is 15.9 Å².